The highest BCUT2D eigenvalue weighted by molar-refractivity contribution is 5.84. The summed E-state index contributed by atoms with van der Waals surface area (Å²) in [6.45, 7) is 3.38. The van der Waals surface area contributed by atoms with Crippen LogP contribution in [0.25, 0.3) is 0 Å². The monoisotopic (exact) mass is 282 g/mol. The number of rotatable bonds is 6. The number of carbonyl (C=O) groups excluding carboxylic acids is 1. The van der Waals surface area contributed by atoms with E-state index in [1.54, 1.807) is 4.90 Å². The lowest BCUT2D eigenvalue weighted by atomic mass is 9.94. The summed E-state index contributed by atoms with van der Waals surface area (Å²) in [6.07, 6.45) is 5.30. The fraction of sp³-hybridized carbons (Fsp3) is 0.867. The number of nitrogens with two attached hydrogens (primary N) is 1. The number of fused-ring (bicyclic) bond motifs is 1. The van der Waals surface area contributed by atoms with Crippen molar-refractivity contribution in [1.82, 2.24) is 4.90 Å². The third-order valence-corrected chi connectivity index (χ3v) is 4.97. The average molecular weight is 282 g/mol. The number of likely N-dealkylation sites (tertiary alicyclic amines) is 1. The Kier molecular flexibility index (Phi) is 5.02. The second kappa shape index (κ2) is 6.57. The molecule has 0 radical (unpaired) electrons. The number of carboxylic acids is 1. The fourth-order valence-corrected chi connectivity index (χ4v) is 3.82. The maximum atomic E-state index is 12.3. The minimum Gasteiger partial charge on any atom is -0.480 e. The molecular weight excluding hydrogens is 256 g/mol. The Morgan fingerprint density at radius 2 is 2.10 bits per heavy atom. The van der Waals surface area contributed by atoms with E-state index in [4.69, 9.17) is 5.73 Å². The smallest absolute Gasteiger partial charge is 0.326 e. The van der Waals surface area contributed by atoms with Gasteiger partial charge < -0.3 is 15.7 Å². The second-order valence-electron chi connectivity index (χ2n) is 6.41. The Morgan fingerprint density at radius 1 is 1.35 bits per heavy atom. The molecule has 5 nitrogen and oxygen atoms in total. The van der Waals surface area contributed by atoms with Crippen molar-refractivity contribution in [2.24, 2.45) is 23.5 Å². The highest BCUT2D eigenvalue weighted by atomic mass is 16.4. The molecule has 1 saturated carbocycles. The van der Waals surface area contributed by atoms with Crippen molar-refractivity contribution in [3.63, 3.8) is 0 Å². The van der Waals surface area contributed by atoms with Crippen LogP contribution >= 0.6 is 0 Å². The van der Waals surface area contributed by atoms with E-state index in [1.807, 2.05) is 0 Å². The SMILES string of the molecule is CC(CCN)CCC(=O)N1CC2CCCC2C1C(=O)O. The summed E-state index contributed by atoms with van der Waals surface area (Å²) in [5.74, 6) is 0.187. The Labute approximate surface area is 120 Å². The fourth-order valence-electron chi connectivity index (χ4n) is 3.82. The van der Waals surface area contributed by atoms with Gasteiger partial charge in [-0.2, -0.15) is 0 Å². The molecule has 1 saturated heterocycles. The lowest BCUT2D eigenvalue weighted by Crippen LogP contribution is -2.43. The van der Waals surface area contributed by atoms with Crippen LogP contribution in [0, 0.1) is 17.8 Å². The molecule has 0 aromatic carbocycles. The topological polar surface area (TPSA) is 83.6 Å². The van der Waals surface area contributed by atoms with Crippen molar-refractivity contribution < 1.29 is 14.7 Å². The van der Waals surface area contributed by atoms with Crippen LogP contribution in [0.3, 0.4) is 0 Å². The van der Waals surface area contributed by atoms with Gasteiger partial charge in [-0.1, -0.05) is 13.3 Å². The van der Waals surface area contributed by atoms with E-state index in [1.165, 1.54) is 0 Å². The Bertz CT molecular complexity index is 372. The molecule has 2 aliphatic rings. The zero-order chi connectivity index (χ0) is 14.7. The molecule has 4 unspecified atom stereocenters. The molecule has 1 aliphatic heterocycles. The summed E-state index contributed by atoms with van der Waals surface area (Å²) in [5.41, 5.74) is 5.51. The number of hydrogen-bond donors (Lipinski definition) is 2. The molecule has 0 aromatic heterocycles. The zero-order valence-electron chi connectivity index (χ0n) is 12.3. The Balaban J connectivity index is 1.93. The van der Waals surface area contributed by atoms with Crippen LogP contribution in [-0.4, -0.2) is 41.0 Å². The van der Waals surface area contributed by atoms with Crippen molar-refractivity contribution in [3.8, 4) is 0 Å². The van der Waals surface area contributed by atoms with Gasteiger partial charge in [0.05, 0.1) is 0 Å². The van der Waals surface area contributed by atoms with Gasteiger partial charge in [0.1, 0.15) is 6.04 Å². The summed E-state index contributed by atoms with van der Waals surface area (Å²) in [7, 11) is 0. The number of amides is 1. The van der Waals surface area contributed by atoms with Gasteiger partial charge in [0.25, 0.3) is 0 Å². The molecule has 1 amide bonds. The number of nitrogens with zero attached hydrogens (tertiary/aromatic N) is 1. The zero-order valence-corrected chi connectivity index (χ0v) is 12.3. The predicted octanol–water partition coefficient (Wildman–Crippen LogP) is 1.46. The summed E-state index contributed by atoms with van der Waals surface area (Å²) >= 11 is 0. The molecule has 0 bridgehead atoms. The first kappa shape index (κ1) is 15.3. The van der Waals surface area contributed by atoms with E-state index in [9.17, 15) is 14.7 Å². The number of hydrogen-bond acceptors (Lipinski definition) is 3. The van der Waals surface area contributed by atoms with Crippen LogP contribution in [0.15, 0.2) is 0 Å². The molecule has 1 aliphatic carbocycles. The molecular formula is C15H26N2O3. The van der Waals surface area contributed by atoms with E-state index in [0.717, 1.165) is 32.1 Å². The number of aliphatic carboxylic acids is 1. The van der Waals surface area contributed by atoms with Crippen molar-refractivity contribution in [1.29, 1.82) is 0 Å². The third kappa shape index (κ3) is 3.14. The molecule has 1 heterocycles. The summed E-state index contributed by atoms with van der Waals surface area (Å²) < 4.78 is 0. The molecule has 0 spiro atoms. The van der Waals surface area contributed by atoms with Crippen molar-refractivity contribution in [3.05, 3.63) is 0 Å². The van der Waals surface area contributed by atoms with Crippen LogP contribution in [0.5, 0.6) is 0 Å². The van der Waals surface area contributed by atoms with Gasteiger partial charge in [0.15, 0.2) is 0 Å². The maximum Gasteiger partial charge on any atom is 0.326 e. The lowest BCUT2D eigenvalue weighted by Gasteiger charge is -2.25. The largest absolute Gasteiger partial charge is 0.480 e. The first-order valence-corrected chi connectivity index (χ1v) is 7.77. The molecule has 0 aromatic rings. The van der Waals surface area contributed by atoms with Crippen molar-refractivity contribution >= 4 is 11.9 Å². The van der Waals surface area contributed by atoms with Gasteiger partial charge in [-0.25, -0.2) is 4.79 Å². The second-order valence-corrected chi connectivity index (χ2v) is 6.41. The molecule has 4 atom stereocenters. The van der Waals surface area contributed by atoms with E-state index in [0.29, 0.717) is 31.3 Å². The minimum absolute atomic E-state index is 0.00988. The highest BCUT2D eigenvalue weighted by Crippen LogP contribution is 2.42. The van der Waals surface area contributed by atoms with E-state index >= 15 is 0 Å². The maximum absolute atomic E-state index is 12.3. The molecule has 2 rings (SSSR count). The summed E-state index contributed by atoms with van der Waals surface area (Å²) in [6, 6.07) is -0.584. The Hall–Kier alpha value is -1.10. The van der Waals surface area contributed by atoms with Crippen molar-refractivity contribution in [2.75, 3.05) is 13.1 Å². The van der Waals surface area contributed by atoms with E-state index < -0.39 is 12.0 Å². The van der Waals surface area contributed by atoms with E-state index in [2.05, 4.69) is 6.92 Å². The first-order chi connectivity index (χ1) is 9.54. The summed E-state index contributed by atoms with van der Waals surface area (Å²) in [5, 5.41) is 9.43. The average Bonchev–Trinajstić information content (AvgIpc) is 2.95. The predicted molar refractivity (Wildman–Crippen MR) is 76.0 cm³/mol. The third-order valence-electron chi connectivity index (χ3n) is 4.97. The molecule has 2 fully saturated rings. The van der Waals surface area contributed by atoms with Gasteiger partial charge in [-0.05, 0) is 50.0 Å². The van der Waals surface area contributed by atoms with Crippen LogP contribution < -0.4 is 5.73 Å². The lowest BCUT2D eigenvalue weighted by molar-refractivity contribution is -0.149. The van der Waals surface area contributed by atoms with Gasteiger partial charge in [-0.15, -0.1) is 0 Å². The normalized spacial score (nSPS) is 30.3. The van der Waals surface area contributed by atoms with Gasteiger partial charge in [0, 0.05) is 13.0 Å². The standard InChI is InChI=1S/C15H26N2O3/c1-10(7-8-16)5-6-13(18)17-9-11-3-2-4-12(11)14(17)15(19)20/h10-12,14H,2-9,16H2,1H3,(H,19,20). The van der Waals surface area contributed by atoms with Gasteiger partial charge >= 0.3 is 5.97 Å². The molecule has 114 valence electrons. The quantitative estimate of drug-likeness (QED) is 0.772. The highest BCUT2D eigenvalue weighted by Gasteiger charge is 2.49. The van der Waals surface area contributed by atoms with Crippen LogP contribution in [0.4, 0.5) is 0 Å². The Morgan fingerprint density at radius 3 is 2.75 bits per heavy atom. The van der Waals surface area contributed by atoms with Crippen LogP contribution in [-0.2, 0) is 9.59 Å². The molecule has 5 heteroatoms. The van der Waals surface area contributed by atoms with Gasteiger partial charge in [0.2, 0.25) is 5.91 Å². The number of carbonyl (C=O) groups is 2. The van der Waals surface area contributed by atoms with Crippen LogP contribution in [0.2, 0.25) is 0 Å². The number of carboxylic acid groups (broad SMARTS) is 1. The first-order valence-electron chi connectivity index (χ1n) is 7.77. The van der Waals surface area contributed by atoms with Crippen LogP contribution in [0.1, 0.15) is 45.4 Å². The van der Waals surface area contributed by atoms with E-state index in [-0.39, 0.29) is 11.8 Å². The molecule has 3 N–H and O–H groups in total. The minimum atomic E-state index is -0.831. The molecule has 20 heavy (non-hydrogen) atoms. The summed E-state index contributed by atoms with van der Waals surface area (Å²) in [4.78, 5) is 25.5. The van der Waals surface area contributed by atoms with Gasteiger partial charge in [-0.3, -0.25) is 4.79 Å². The van der Waals surface area contributed by atoms with Crippen molar-refractivity contribution in [2.45, 2.75) is 51.5 Å².